The molecule has 3 N–H and O–H groups in total. The molecule has 1 fully saturated rings. The van der Waals surface area contributed by atoms with Crippen LogP contribution in [0.1, 0.15) is 54.2 Å². The Balaban J connectivity index is 1.84. The van der Waals surface area contributed by atoms with Crippen LogP contribution >= 0.6 is 0 Å². The molecule has 0 spiro atoms. The van der Waals surface area contributed by atoms with Crippen molar-refractivity contribution in [2.45, 2.75) is 45.1 Å². The Hall–Kier alpha value is -2.36. The van der Waals surface area contributed by atoms with Gasteiger partial charge in [0, 0.05) is 24.4 Å². The van der Waals surface area contributed by atoms with Gasteiger partial charge in [0.2, 0.25) is 0 Å². The molecule has 1 aliphatic rings. The Kier molecular flexibility index (Phi) is 5.14. The number of rotatable bonds is 5. The molecule has 1 saturated carbocycles. The summed E-state index contributed by atoms with van der Waals surface area (Å²) >= 11 is 0. The van der Waals surface area contributed by atoms with Crippen molar-refractivity contribution in [1.29, 1.82) is 0 Å². The highest BCUT2D eigenvalue weighted by atomic mass is 16.1. The predicted octanol–water partition coefficient (Wildman–Crippen LogP) is 3.76. The van der Waals surface area contributed by atoms with Crippen molar-refractivity contribution in [3.05, 3.63) is 59.4 Å². The van der Waals surface area contributed by atoms with E-state index in [0.29, 0.717) is 17.5 Å². The Morgan fingerprint density at radius 1 is 1.25 bits per heavy atom. The number of benzene rings is 1. The van der Waals surface area contributed by atoms with Crippen LogP contribution in [-0.2, 0) is 6.42 Å². The first-order valence-electron chi connectivity index (χ1n) is 8.72. The quantitative estimate of drug-likeness (QED) is 0.880. The molecule has 0 unspecified atom stereocenters. The third kappa shape index (κ3) is 3.94. The SMILES string of the molecule is C[C@@H]1CCCC[C@@H]1Nc1cc(Cc2ccccc2)ncc1C(N)=O. The van der Waals surface area contributed by atoms with Crippen molar-refractivity contribution < 1.29 is 4.79 Å². The van der Waals surface area contributed by atoms with Crippen LogP contribution in [0.4, 0.5) is 5.69 Å². The molecule has 2 aromatic rings. The van der Waals surface area contributed by atoms with Gasteiger partial charge in [0.15, 0.2) is 0 Å². The highest BCUT2D eigenvalue weighted by Crippen LogP contribution is 2.28. The van der Waals surface area contributed by atoms with Gasteiger partial charge in [-0.05, 0) is 30.4 Å². The molecule has 4 nitrogen and oxygen atoms in total. The summed E-state index contributed by atoms with van der Waals surface area (Å²) in [5.41, 5.74) is 8.98. The number of aromatic nitrogens is 1. The highest BCUT2D eigenvalue weighted by Gasteiger charge is 2.22. The van der Waals surface area contributed by atoms with Crippen LogP contribution in [-0.4, -0.2) is 16.9 Å². The second-order valence-electron chi connectivity index (χ2n) is 6.76. The van der Waals surface area contributed by atoms with E-state index in [1.165, 1.54) is 24.8 Å². The molecule has 126 valence electrons. The summed E-state index contributed by atoms with van der Waals surface area (Å²) in [4.78, 5) is 16.2. The Morgan fingerprint density at radius 3 is 2.71 bits per heavy atom. The van der Waals surface area contributed by atoms with Crippen LogP contribution < -0.4 is 11.1 Å². The second-order valence-corrected chi connectivity index (χ2v) is 6.76. The zero-order chi connectivity index (χ0) is 16.9. The molecule has 0 radical (unpaired) electrons. The first kappa shape index (κ1) is 16.5. The third-order valence-electron chi connectivity index (χ3n) is 4.91. The first-order chi connectivity index (χ1) is 11.6. The number of hydrogen-bond acceptors (Lipinski definition) is 3. The summed E-state index contributed by atoms with van der Waals surface area (Å²) in [6.45, 7) is 2.27. The van der Waals surface area contributed by atoms with Gasteiger partial charge in [-0.15, -0.1) is 0 Å². The maximum absolute atomic E-state index is 11.8. The van der Waals surface area contributed by atoms with Gasteiger partial charge in [-0.1, -0.05) is 50.1 Å². The largest absolute Gasteiger partial charge is 0.381 e. The number of carbonyl (C=O) groups is 1. The van der Waals surface area contributed by atoms with Gasteiger partial charge in [0.05, 0.1) is 11.3 Å². The van der Waals surface area contributed by atoms with E-state index < -0.39 is 5.91 Å². The van der Waals surface area contributed by atoms with Crippen molar-refractivity contribution in [2.75, 3.05) is 5.32 Å². The zero-order valence-electron chi connectivity index (χ0n) is 14.2. The number of primary amides is 1. The topological polar surface area (TPSA) is 68.0 Å². The lowest BCUT2D eigenvalue weighted by Crippen LogP contribution is -2.31. The Labute approximate surface area is 143 Å². The molecule has 24 heavy (non-hydrogen) atoms. The molecule has 1 aromatic carbocycles. The van der Waals surface area contributed by atoms with Crippen LogP contribution in [0.2, 0.25) is 0 Å². The number of pyridine rings is 1. The average molecular weight is 323 g/mol. The molecule has 3 rings (SSSR count). The molecule has 0 bridgehead atoms. The number of nitrogens with two attached hydrogens (primary N) is 1. The second kappa shape index (κ2) is 7.47. The van der Waals surface area contributed by atoms with Crippen LogP contribution in [0.3, 0.4) is 0 Å². The number of hydrogen-bond donors (Lipinski definition) is 2. The van der Waals surface area contributed by atoms with Gasteiger partial charge >= 0.3 is 0 Å². The lowest BCUT2D eigenvalue weighted by atomic mass is 9.85. The molecular formula is C20H25N3O. The molecule has 1 amide bonds. The number of carbonyl (C=O) groups excluding carboxylic acids is 1. The van der Waals surface area contributed by atoms with E-state index in [9.17, 15) is 4.79 Å². The van der Waals surface area contributed by atoms with E-state index in [4.69, 9.17) is 5.73 Å². The smallest absolute Gasteiger partial charge is 0.252 e. The first-order valence-corrected chi connectivity index (χ1v) is 8.72. The number of amides is 1. The summed E-state index contributed by atoms with van der Waals surface area (Å²) in [7, 11) is 0. The van der Waals surface area contributed by atoms with E-state index in [1.807, 2.05) is 24.3 Å². The fourth-order valence-corrected chi connectivity index (χ4v) is 3.45. The van der Waals surface area contributed by atoms with Crippen LogP contribution in [0.5, 0.6) is 0 Å². The fourth-order valence-electron chi connectivity index (χ4n) is 3.45. The van der Waals surface area contributed by atoms with Crippen LogP contribution in [0.15, 0.2) is 42.6 Å². The minimum atomic E-state index is -0.431. The maximum atomic E-state index is 11.8. The van der Waals surface area contributed by atoms with Crippen molar-refractivity contribution in [3.63, 3.8) is 0 Å². The normalized spacial score (nSPS) is 20.5. The van der Waals surface area contributed by atoms with Gasteiger partial charge in [-0.3, -0.25) is 9.78 Å². The van der Waals surface area contributed by atoms with Gasteiger partial charge < -0.3 is 11.1 Å². The Bertz CT molecular complexity index is 699. The van der Waals surface area contributed by atoms with E-state index in [0.717, 1.165) is 24.2 Å². The zero-order valence-corrected chi connectivity index (χ0v) is 14.2. The Morgan fingerprint density at radius 2 is 2.00 bits per heavy atom. The fraction of sp³-hybridized carbons (Fsp3) is 0.400. The summed E-state index contributed by atoms with van der Waals surface area (Å²) in [5.74, 6) is 0.171. The van der Waals surface area contributed by atoms with Gasteiger partial charge in [0.1, 0.15) is 0 Å². The van der Waals surface area contributed by atoms with E-state index in [2.05, 4.69) is 29.4 Å². The average Bonchev–Trinajstić information content (AvgIpc) is 2.58. The van der Waals surface area contributed by atoms with Gasteiger partial charge in [-0.25, -0.2) is 0 Å². The van der Waals surface area contributed by atoms with E-state index in [1.54, 1.807) is 6.20 Å². The summed E-state index contributed by atoms with van der Waals surface area (Å²) in [6.07, 6.45) is 7.24. The van der Waals surface area contributed by atoms with Gasteiger partial charge in [0.25, 0.3) is 5.91 Å². The van der Waals surface area contributed by atoms with E-state index >= 15 is 0 Å². The minimum absolute atomic E-state index is 0.392. The van der Waals surface area contributed by atoms with Gasteiger partial charge in [-0.2, -0.15) is 0 Å². The molecule has 4 heteroatoms. The molecule has 1 aliphatic carbocycles. The lowest BCUT2D eigenvalue weighted by Gasteiger charge is -2.31. The predicted molar refractivity (Wildman–Crippen MR) is 97.0 cm³/mol. The molecule has 1 heterocycles. The summed E-state index contributed by atoms with van der Waals surface area (Å²) in [6, 6.07) is 12.6. The van der Waals surface area contributed by atoms with Crippen molar-refractivity contribution in [3.8, 4) is 0 Å². The highest BCUT2D eigenvalue weighted by molar-refractivity contribution is 5.98. The van der Waals surface area contributed by atoms with Crippen molar-refractivity contribution in [2.24, 2.45) is 11.7 Å². The molecule has 2 atom stereocenters. The molecular weight excluding hydrogens is 298 g/mol. The number of nitrogens with zero attached hydrogens (tertiary/aromatic N) is 1. The third-order valence-corrected chi connectivity index (χ3v) is 4.91. The van der Waals surface area contributed by atoms with Crippen molar-refractivity contribution >= 4 is 11.6 Å². The molecule has 1 aromatic heterocycles. The number of anilines is 1. The van der Waals surface area contributed by atoms with Crippen LogP contribution in [0, 0.1) is 5.92 Å². The molecule has 0 saturated heterocycles. The number of nitrogens with one attached hydrogen (secondary N) is 1. The standard InChI is InChI=1S/C20H25N3O/c1-14-7-5-6-10-18(14)23-19-12-16(22-13-17(19)20(21)24)11-15-8-3-2-4-9-15/h2-4,8-9,12-14,18H,5-7,10-11H2,1H3,(H2,21,24)(H,22,23)/t14-,18+/m1/s1. The maximum Gasteiger partial charge on any atom is 0.252 e. The minimum Gasteiger partial charge on any atom is -0.381 e. The summed E-state index contributed by atoms with van der Waals surface area (Å²) in [5, 5.41) is 3.57. The van der Waals surface area contributed by atoms with Crippen LogP contribution in [0.25, 0.3) is 0 Å². The van der Waals surface area contributed by atoms with E-state index in [-0.39, 0.29) is 0 Å². The molecule has 0 aliphatic heterocycles. The lowest BCUT2D eigenvalue weighted by molar-refractivity contribution is 0.100. The summed E-state index contributed by atoms with van der Waals surface area (Å²) < 4.78 is 0. The van der Waals surface area contributed by atoms with Crippen molar-refractivity contribution in [1.82, 2.24) is 4.98 Å². The monoisotopic (exact) mass is 323 g/mol.